The SMILES string of the molecule is N#Cc1ccccc1OCC(=O)OCC(=O)N1CCC(c2nc3ccccc3o2)CC1. The van der Waals surface area contributed by atoms with Crippen LogP contribution in [0.25, 0.3) is 11.1 Å². The van der Waals surface area contributed by atoms with Crippen LogP contribution in [0.4, 0.5) is 0 Å². The highest BCUT2D eigenvalue weighted by molar-refractivity contribution is 5.81. The highest BCUT2D eigenvalue weighted by Gasteiger charge is 2.27. The molecule has 4 rings (SSSR count). The van der Waals surface area contributed by atoms with E-state index >= 15 is 0 Å². The van der Waals surface area contributed by atoms with Crippen molar-refractivity contribution < 1.29 is 23.5 Å². The maximum absolute atomic E-state index is 12.4. The first kappa shape index (κ1) is 20.4. The number of amides is 1. The minimum Gasteiger partial charge on any atom is -0.481 e. The summed E-state index contributed by atoms with van der Waals surface area (Å²) >= 11 is 0. The Labute approximate surface area is 179 Å². The molecule has 0 atom stereocenters. The van der Waals surface area contributed by atoms with E-state index in [1.165, 1.54) is 0 Å². The van der Waals surface area contributed by atoms with E-state index < -0.39 is 5.97 Å². The van der Waals surface area contributed by atoms with Gasteiger partial charge < -0.3 is 18.8 Å². The minimum atomic E-state index is -0.664. The second-order valence-corrected chi connectivity index (χ2v) is 7.23. The first-order valence-corrected chi connectivity index (χ1v) is 10.0. The molecule has 2 heterocycles. The molecule has 0 radical (unpaired) electrons. The van der Waals surface area contributed by atoms with Gasteiger partial charge in [0.1, 0.15) is 17.3 Å². The number of carbonyl (C=O) groups excluding carboxylic acids is 2. The third-order valence-corrected chi connectivity index (χ3v) is 5.22. The lowest BCUT2D eigenvalue weighted by atomic mass is 9.97. The van der Waals surface area contributed by atoms with Gasteiger partial charge in [-0.05, 0) is 37.1 Å². The first-order chi connectivity index (χ1) is 15.1. The van der Waals surface area contributed by atoms with E-state index in [0.717, 1.165) is 23.9 Å². The quantitative estimate of drug-likeness (QED) is 0.566. The van der Waals surface area contributed by atoms with Crippen molar-refractivity contribution in [2.75, 3.05) is 26.3 Å². The number of carbonyl (C=O) groups is 2. The number of nitriles is 1. The van der Waals surface area contributed by atoms with Crippen molar-refractivity contribution in [1.29, 1.82) is 5.26 Å². The molecule has 0 spiro atoms. The fourth-order valence-electron chi connectivity index (χ4n) is 3.54. The monoisotopic (exact) mass is 419 g/mol. The average molecular weight is 419 g/mol. The fraction of sp³-hybridized carbons (Fsp3) is 0.304. The molecule has 1 aliphatic rings. The predicted octanol–water partition coefficient (Wildman–Crippen LogP) is 3.03. The van der Waals surface area contributed by atoms with Crippen LogP contribution in [-0.4, -0.2) is 48.1 Å². The summed E-state index contributed by atoms with van der Waals surface area (Å²) in [7, 11) is 0. The maximum Gasteiger partial charge on any atom is 0.344 e. The van der Waals surface area contributed by atoms with Gasteiger partial charge in [-0.3, -0.25) is 4.79 Å². The zero-order valence-corrected chi connectivity index (χ0v) is 16.8. The molecule has 1 aliphatic heterocycles. The maximum atomic E-state index is 12.4. The van der Waals surface area contributed by atoms with Gasteiger partial charge in [0.05, 0.1) is 5.56 Å². The molecule has 1 amide bonds. The van der Waals surface area contributed by atoms with Crippen molar-refractivity contribution in [3.05, 3.63) is 60.0 Å². The Balaban J connectivity index is 1.22. The summed E-state index contributed by atoms with van der Waals surface area (Å²) < 4.78 is 16.2. The number of nitrogens with zero attached hydrogens (tertiary/aromatic N) is 3. The highest BCUT2D eigenvalue weighted by Crippen LogP contribution is 2.29. The molecule has 31 heavy (non-hydrogen) atoms. The molecule has 0 aliphatic carbocycles. The van der Waals surface area contributed by atoms with Crippen LogP contribution in [0.15, 0.2) is 52.9 Å². The van der Waals surface area contributed by atoms with Crippen LogP contribution in [-0.2, 0) is 14.3 Å². The van der Waals surface area contributed by atoms with Crippen LogP contribution >= 0.6 is 0 Å². The third-order valence-electron chi connectivity index (χ3n) is 5.22. The van der Waals surface area contributed by atoms with Crippen LogP contribution in [0.3, 0.4) is 0 Å². The molecule has 0 N–H and O–H groups in total. The standard InChI is InChI=1S/C23H21N3O5/c24-13-17-5-1-3-7-19(17)29-15-22(28)30-14-21(27)26-11-9-16(10-12-26)23-25-18-6-2-4-8-20(18)31-23/h1-8,16H,9-12,14-15H2. The summed E-state index contributed by atoms with van der Waals surface area (Å²) in [5.41, 5.74) is 1.93. The number of piperidine rings is 1. The number of oxazole rings is 1. The Morgan fingerprint density at radius 1 is 1.10 bits per heavy atom. The number of benzene rings is 2. The van der Waals surface area contributed by atoms with Gasteiger partial charge in [-0.25, -0.2) is 9.78 Å². The Morgan fingerprint density at radius 3 is 2.61 bits per heavy atom. The smallest absolute Gasteiger partial charge is 0.344 e. The number of hydrogen-bond acceptors (Lipinski definition) is 7. The normalized spacial score (nSPS) is 14.2. The van der Waals surface area contributed by atoms with Gasteiger partial charge in [0.25, 0.3) is 5.91 Å². The lowest BCUT2D eigenvalue weighted by Crippen LogP contribution is -2.40. The van der Waals surface area contributed by atoms with E-state index in [4.69, 9.17) is 19.2 Å². The topological polar surface area (TPSA) is 106 Å². The van der Waals surface area contributed by atoms with Crippen molar-refractivity contribution in [2.45, 2.75) is 18.8 Å². The van der Waals surface area contributed by atoms with Gasteiger partial charge in [0, 0.05) is 19.0 Å². The molecular formula is C23H21N3O5. The van der Waals surface area contributed by atoms with Crippen LogP contribution < -0.4 is 4.74 Å². The highest BCUT2D eigenvalue weighted by atomic mass is 16.6. The number of aromatic nitrogens is 1. The molecule has 0 saturated carbocycles. The van der Waals surface area contributed by atoms with Gasteiger partial charge in [0.2, 0.25) is 0 Å². The van der Waals surface area contributed by atoms with E-state index in [1.807, 2.05) is 30.3 Å². The number of hydrogen-bond donors (Lipinski definition) is 0. The van der Waals surface area contributed by atoms with Crippen molar-refractivity contribution >= 4 is 23.0 Å². The number of fused-ring (bicyclic) bond motifs is 1. The molecule has 2 aromatic carbocycles. The second-order valence-electron chi connectivity index (χ2n) is 7.23. The largest absolute Gasteiger partial charge is 0.481 e. The lowest BCUT2D eigenvalue weighted by molar-refractivity contribution is -0.154. The van der Waals surface area contributed by atoms with Gasteiger partial charge >= 0.3 is 5.97 Å². The number of esters is 1. The van der Waals surface area contributed by atoms with E-state index in [2.05, 4.69) is 4.98 Å². The molecule has 8 heteroatoms. The summed E-state index contributed by atoms with van der Waals surface area (Å²) in [6, 6.07) is 16.2. The van der Waals surface area contributed by atoms with Crippen molar-refractivity contribution in [3.8, 4) is 11.8 Å². The summed E-state index contributed by atoms with van der Waals surface area (Å²) in [5, 5.41) is 9.03. The molecule has 3 aromatic rings. The average Bonchev–Trinajstić information content (AvgIpc) is 3.26. The van der Waals surface area contributed by atoms with E-state index in [1.54, 1.807) is 29.2 Å². The van der Waals surface area contributed by atoms with Crippen molar-refractivity contribution in [2.24, 2.45) is 0 Å². The molecule has 0 unspecified atom stereocenters. The summed E-state index contributed by atoms with van der Waals surface area (Å²) in [6.45, 7) is 0.388. The summed E-state index contributed by atoms with van der Waals surface area (Å²) in [4.78, 5) is 30.5. The molecule has 0 bridgehead atoms. The second kappa shape index (κ2) is 9.30. The first-order valence-electron chi connectivity index (χ1n) is 10.0. The van der Waals surface area contributed by atoms with Crippen LogP contribution in [0.2, 0.25) is 0 Å². The number of likely N-dealkylation sites (tertiary alicyclic amines) is 1. The molecule has 1 saturated heterocycles. The van der Waals surface area contributed by atoms with Gasteiger partial charge in [0.15, 0.2) is 24.7 Å². The molecule has 8 nitrogen and oxygen atoms in total. The molecule has 158 valence electrons. The zero-order valence-electron chi connectivity index (χ0n) is 16.8. The number of ether oxygens (including phenoxy) is 2. The van der Waals surface area contributed by atoms with E-state index in [-0.39, 0.29) is 25.0 Å². The summed E-state index contributed by atoms with van der Waals surface area (Å²) in [5.74, 6) is 0.251. The van der Waals surface area contributed by atoms with Crippen molar-refractivity contribution in [1.82, 2.24) is 9.88 Å². The Hall–Kier alpha value is -3.86. The molecule has 1 fully saturated rings. The van der Waals surface area contributed by atoms with E-state index in [0.29, 0.717) is 30.3 Å². The predicted molar refractivity (Wildman–Crippen MR) is 110 cm³/mol. The van der Waals surface area contributed by atoms with Gasteiger partial charge in [-0.1, -0.05) is 24.3 Å². The Kier molecular flexibility index (Phi) is 6.13. The van der Waals surface area contributed by atoms with E-state index in [9.17, 15) is 9.59 Å². The van der Waals surface area contributed by atoms with Gasteiger partial charge in [-0.15, -0.1) is 0 Å². The zero-order chi connectivity index (χ0) is 21.6. The summed E-state index contributed by atoms with van der Waals surface area (Å²) in [6.07, 6.45) is 1.47. The van der Waals surface area contributed by atoms with Crippen molar-refractivity contribution in [3.63, 3.8) is 0 Å². The Bertz CT molecular complexity index is 1090. The fourth-order valence-corrected chi connectivity index (χ4v) is 3.54. The van der Waals surface area contributed by atoms with Crippen LogP contribution in [0.5, 0.6) is 5.75 Å². The molecule has 1 aromatic heterocycles. The van der Waals surface area contributed by atoms with Crippen LogP contribution in [0, 0.1) is 11.3 Å². The Morgan fingerprint density at radius 2 is 1.84 bits per heavy atom. The third kappa shape index (κ3) is 4.83. The van der Waals surface area contributed by atoms with Gasteiger partial charge in [-0.2, -0.15) is 5.26 Å². The number of para-hydroxylation sites is 3. The number of rotatable bonds is 6. The lowest BCUT2D eigenvalue weighted by Gasteiger charge is -2.30. The van der Waals surface area contributed by atoms with Crippen LogP contribution in [0.1, 0.15) is 30.2 Å². The molecular weight excluding hydrogens is 398 g/mol. The minimum absolute atomic E-state index is 0.160.